The van der Waals surface area contributed by atoms with E-state index < -0.39 is 6.10 Å². The monoisotopic (exact) mass is 989 g/mol. The van der Waals surface area contributed by atoms with Gasteiger partial charge in [0.25, 0.3) is 0 Å². The zero-order chi connectivity index (χ0) is 51.1. The van der Waals surface area contributed by atoms with Crippen molar-refractivity contribution in [3.8, 4) is 0 Å². The molecule has 6 nitrogen and oxygen atoms in total. The average molecular weight is 990 g/mol. The maximum absolute atomic E-state index is 12.9. The van der Waals surface area contributed by atoms with Crippen LogP contribution in [0.1, 0.15) is 362 Å². The summed E-state index contributed by atoms with van der Waals surface area (Å²) >= 11 is 0. The third-order valence-electron chi connectivity index (χ3n) is 14.7. The summed E-state index contributed by atoms with van der Waals surface area (Å²) in [5.41, 5.74) is 0. The van der Waals surface area contributed by atoms with Crippen LogP contribution in [0.4, 0.5) is 0 Å². The van der Waals surface area contributed by atoms with E-state index in [1.54, 1.807) is 0 Å². The number of unbranched alkanes of at least 4 members (excludes halogenated alkanes) is 43. The molecule has 0 radical (unpaired) electrons. The highest BCUT2D eigenvalue weighted by Crippen LogP contribution is 2.19. The molecule has 0 spiro atoms. The Balaban J connectivity index is 4.25. The minimum absolute atomic E-state index is 0.0618. The predicted octanol–water partition coefficient (Wildman–Crippen LogP) is 21.2. The molecule has 0 saturated heterocycles. The molecule has 0 bridgehead atoms. The van der Waals surface area contributed by atoms with Crippen LogP contribution in [0.25, 0.3) is 0 Å². The molecule has 0 aliphatic rings. The van der Waals surface area contributed by atoms with Crippen LogP contribution in [0.5, 0.6) is 0 Å². The maximum atomic E-state index is 12.9. The van der Waals surface area contributed by atoms with Crippen molar-refractivity contribution in [3.05, 3.63) is 0 Å². The van der Waals surface area contributed by atoms with Gasteiger partial charge in [0, 0.05) is 19.3 Å². The molecule has 1 atom stereocenters. The molecule has 0 aromatic carbocycles. The van der Waals surface area contributed by atoms with Crippen LogP contribution in [-0.2, 0) is 28.6 Å². The zero-order valence-corrected chi connectivity index (χ0v) is 48.2. The third-order valence-corrected chi connectivity index (χ3v) is 14.7. The van der Waals surface area contributed by atoms with Crippen LogP contribution in [0.15, 0.2) is 0 Å². The standard InChI is InChI=1S/C64H124O6/c1-6-7-8-9-10-11-12-22-29-34-39-44-49-54-62(65)68-57-61(58-69-63(66)55-50-45-40-35-30-25-21-17-19-24-28-33-38-43-48-53-60(4)5)70-64(67)56-51-46-41-36-31-26-20-16-14-13-15-18-23-27-32-37-42-47-52-59(2)3/h59-61H,6-58H2,1-5H3/t61-/m1/s1. The molecule has 416 valence electrons. The van der Waals surface area contributed by atoms with E-state index in [9.17, 15) is 14.4 Å². The second-order valence-corrected chi connectivity index (χ2v) is 23.0. The smallest absolute Gasteiger partial charge is 0.306 e. The summed E-state index contributed by atoms with van der Waals surface area (Å²) < 4.78 is 16.9. The van der Waals surface area contributed by atoms with E-state index in [4.69, 9.17) is 14.2 Å². The number of esters is 3. The molecule has 0 aromatic heterocycles. The van der Waals surface area contributed by atoms with Gasteiger partial charge in [-0.3, -0.25) is 14.4 Å². The fourth-order valence-electron chi connectivity index (χ4n) is 9.93. The molecule has 0 fully saturated rings. The molecule has 0 unspecified atom stereocenters. The number of carbonyl (C=O) groups excluding carboxylic acids is 3. The Morgan fingerprint density at radius 2 is 0.471 bits per heavy atom. The van der Waals surface area contributed by atoms with E-state index >= 15 is 0 Å². The topological polar surface area (TPSA) is 78.9 Å². The zero-order valence-electron chi connectivity index (χ0n) is 48.2. The highest BCUT2D eigenvalue weighted by molar-refractivity contribution is 5.71. The fourth-order valence-corrected chi connectivity index (χ4v) is 9.93. The number of rotatable bonds is 58. The molecular weight excluding hydrogens is 865 g/mol. The molecule has 70 heavy (non-hydrogen) atoms. The van der Waals surface area contributed by atoms with Crippen molar-refractivity contribution >= 4 is 17.9 Å². The van der Waals surface area contributed by atoms with Crippen LogP contribution < -0.4 is 0 Å². The summed E-state index contributed by atoms with van der Waals surface area (Å²) in [7, 11) is 0. The van der Waals surface area contributed by atoms with Gasteiger partial charge in [0.15, 0.2) is 6.10 Å². The summed E-state index contributed by atoms with van der Waals surface area (Å²) in [6.45, 7) is 11.5. The molecule has 6 heteroatoms. The quantitative estimate of drug-likeness (QED) is 0.0343. The maximum Gasteiger partial charge on any atom is 0.306 e. The van der Waals surface area contributed by atoms with Crippen molar-refractivity contribution in [1.29, 1.82) is 0 Å². The lowest BCUT2D eigenvalue weighted by Crippen LogP contribution is -2.30. The molecule has 0 heterocycles. The first-order valence-corrected chi connectivity index (χ1v) is 31.7. The minimum atomic E-state index is -0.763. The van der Waals surface area contributed by atoms with Gasteiger partial charge in [-0.05, 0) is 31.1 Å². The van der Waals surface area contributed by atoms with Crippen LogP contribution in [0, 0.1) is 11.8 Å². The van der Waals surface area contributed by atoms with E-state index in [0.717, 1.165) is 69.6 Å². The van der Waals surface area contributed by atoms with Crippen molar-refractivity contribution in [2.75, 3.05) is 13.2 Å². The van der Waals surface area contributed by atoms with Gasteiger partial charge in [-0.1, -0.05) is 324 Å². The SMILES string of the molecule is CCCCCCCCCCCCCCCC(=O)OC[C@H](COC(=O)CCCCCCCCCCCCCCCCCC(C)C)OC(=O)CCCCCCCCCCCCCCCCCCCCC(C)C. The number of ether oxygens (including phenoxy) is 3. The van der Waals surface area contributed by atoms with Crippen molar-refractivity contribution < 1.29 is 28.6 Å². The first-order valence-electron chi connectivity index (χ1n) is 31.7. The Morgan fingerprint density at radius 1 is 0.271 bits per heavy atom. The van der Waals surface area contributed by atoms with E-state index in [-0.39, 0.29) is 31.1 Å². The number of hydrogen-bond acceptors (Lipinski definition) is 6. The molecule has 0 saturated carbocycles. The minimum Gasteiger partial charge on any atom is -0.462 e. The molecule has 0 amide bonds. The van der Waals surface area contributed by atoms with Gasteiger partial charge in [-0.2, -0.15) is 0 Å². The van der Waals surface area contributed by atoms with Gasteiger partial charge in [0.05, 0.1) is 0 Å². The summed E-state index contributed by atoms with van der Waals surface area (Å²) in [4.78, 5) is 38.3. The van der Waals surface area contributed by atoms with Gasteiger partial charge >= 0.3 is 17.9 Å². The molecule has 0 rings (SSSR count). The number of carbonyl (C=O) groups is 3. The van der Waals surface area contributed by atoms with Crippen molar-refractivity contribution in [1.82, 2.24) is 0 Å². The van der Waals surface area contributed by atoms with Gasteiger partial charge in [-0.15, -0.1) is 0 Å². The molecule has 0 aromatic rings. The molecule has 0 aliphatic heterocycles. The Hall–Kier alpha value is -1.59. The van der Waals surface area contributed by atoms with Crippen LogP contribution >= 0.6 is 0 Å². The fraction of sp³-hybridized carbons (Fsp3) is 0.953. The average Bonchev–Trinajstić information content (AvgIpc) is 3.33. The van der Waals surface area contributed by atoms with Gasteiger partial charge in [-0.25, -0.2) is 0 Å². The van der Waals surface area contributed by atoms with E-state index in [1.807, 2.05) is 0 Å². The van der Waals surface area contributed by atoms with Crippen molar-refractivity contribution in [2.24, 2.45) is 11.8 Å². The van der Waals surface area contributed by atoms with Crippen LogP contribution in [0.2, 0.25) is 0 Å². The van der Waals surface area contributed by atoms with Crippen LogP contribution in [-0.4, -0.2) is 37.2 Å². The summed E-state index contributed by atoms with van der Waals surface area (Å²) in [5.74, 6) is 0.876. The lowest BCUT2D eigenvalue weighted by Gasteiger charge is -2.18. The first kappa shape index (κ1) is 68.4. The first-order chi connectivity index (χ1) is 34.2. The van der Waals surface area contributed by atoms with Crippen LogP contribution in [0.3, 0.4) is 0 Å². The Labute approximate surface area is 438 Å². The highest BCUT2D eigenvalue weighted by Gasteiger charge is 2.19. The second-order valence-electron chi connectivity index (χ2n) is 23.0. The van der Waals surface area contributed by atoms with E-state index in [2.05, 4.69) is 34.6 Å². The van der Waals surface area contributed by atoms with E-state index in [0.29, 0.717) is 19.3 Å². The molecule has 0 N–H and O–H groups in total. The Bertz CT molecular complexity index is 1070. The third kappa shape index (κ3) is 57.3. The Morgan fingerprint density at radius 3 is 0.700 bits per heavy atom. The largest absolute Gasteiger partial charge is 0.462 e. The Kier molecular flexibility index (Phi) is 55.4. The van der Waals surface area contributed by atoms with Gasteiger partial charge < -0.3 is 14.2 Å². The molecular formula is C64H124O6. The molecule has 0 aliphatic carbocycles. The van der Waals surface area contributed by atoms with Crippen molar-refractivity contribution in [2.45, 2.75) is 368 Å². The lowest BCUT2D eigenvalue weighted by atomic mass is 10.0. The van der Waals surface area contributed by atoms with E-state index in [1.165, 1.54) is 250 Å². The highest BCUT2D eigenvalue weighted by atomic mass is 16.6. The predicted molar refractivity (Wildman–Crippen MR) is 303 cm³/mol. The van der Waals surface area contributed by atoms with Crippen molar-refractivity contribution in [3.63, 3.8) is 0 Å². The normalized spacial score (nSPS) is 12.0. The summed E-state index contributed by atoms with van der Waals surface area (Å²) in [6, 6.07) is 0. The summed E-state index contributed by atoms with van der Waals surface area (Å²) in [6.07, 6.45) is 62.5. The van der Waals surface area contributed by atoms with Gasteiger partial charge in [0.2, 0.25) is 0 Å². The second kappa shape index (κ2) is 56.7. The van der Waals surface area contributed by atoms with Gasteiger partial charge in [0.1, 0.15) is 13.2 Å². The lowest BCUT2D eigenvalue weighted by molar-refractivity contribution is -0.167. The number of hydrogen-bond donors (Lipinski definition) is 0. The summed E-state index contributed by atoms with van der Waals surface area (Å²) in [5, 5.41) is 0.